The van der Waals surface area contributed by atoms with Gasteiger partial charge < -0.3 is 10.1 Å². The van der Waals surface area contributed by atoms with Gasteiger partial charge in [0.25, 0.3) is 0 Å². The summed E-state index contributed by atoms with van der Waals surface area (Å²) < 4.78 is 5.26. The van der Waals surface area contributed by atoms with Crippen LogP contribution in [0.25, 0.3) is 0 Å². The van der Waals surface area contributed by atoms with Crippen LogP contribution in [0.4, 0.5) is 5.69 Å². The van der Waals surface area contributed by atoms with Crippen molar-refractivity contribution in [1.82, 2.24) is 5.48 Å². The summed E-state index contributed by atoms with van der Waals surface area (Å²) in [5, 5.41) is 11.1. The van der Waals surface area contributed by atoms with E-state index in [1.165, 1.54) is 0 Å². The molecule has 2 amide bonds. The summed E-state index contributed by atoms with van der Waals surface area (Å²) in [5.41, 5.74) is 3.15. The SMILES string of the molecule is O=C(CCCCOCC(=O)Nc1cccc(C(=O)c2ccccc2)c1)NO. The van der Waals surface area contributed by atoms with E-state index >= 15 is 0 Å². The van der Waals surface area contributed by atoms with Crippen molar-refractivity contribution in [3.8, 4) is 0 Å². The largest absolute Gasteiger partial charge is 0.372 e. The number of nitrogens with one attached hydrogen (secondary N) is 2. The van der Waals surface area contributed by atoms with E-state index in [0.717, 1.165) is 0 Å². The van der Waals surface area contributed by atoms with E-state index in [2.05, 4.69) is 5.32 Å². The first kappa shape index (κ1) is 20.3. The second kappa shape index (κ2) is 10.8. The first-order valence-corrected chi connectivity index (χ1v) is 8.60. The molecule has 0 fully saturated rings. The molecule has 0 heterocycles. The van der Waals surface area contributed by atoms with E-state index in [0.29, 0.717) is 36.3 Å². The highest BCUT2D eigenvalue weighted by Gasteiger charge is 2.10. The Morgan fingerprint density at radius 3 is 2.37 bits per heavy atom. The highest BCUT2D eigenvalue weighted by molar-refractivity contribution is 6.09. The molecule has 0 spiro atoms. The van der Waals surface area contributed by atoms with Crippen molar-refractivity contribution < 1.29 is 24.3 Å². The molecule has 2 aromatic rings. The number of hydrogen-bond acceptors (Lipinski definition) is 5. The lowest BCUT2D eigenvalue weighted by Gasteiger charge is -2.08. The molecular formula is C20H22N2O5. The van der Waals surface area contributed by atoms with E-state index in [1.54, 1.807) is 54.0 Å². The third-order valence-electron chi connectivity index (χ3n) is 3.74. The van der Waals surface area contributed by atoms with Crippen molar-refractivity contribution in [3.63, 3.8) is 0 Å². The summed E-state index contributed by atoms with van der Waals surface area (Å²) in [6.45, 7) is 0.210. The van der Waals surface area contributed by atoms with Gasteiger partial charge in [0.15, 0.2) is 5.78 Å². The van der Waals surface area contributed by atoms with Gasteiger partial charge in [0.05, 0.1) is 0 Å². The lowest BCUT2D eigenvalue weighted by molar-refractivity contribution is -0.129. The number of hydrogen-bond donors (Lipinski definition) is 3. The maximum Gasteiger partial charge on any atom is 0.250 e. The second-order valence-corrected chi connectivity index (χ2v) is 5.87. The quantitative estimate of drug-likeness (QED) is 0.258. The third kappa shape index (κ3) is 7.01. The average molecular weight is 370 g/mol. The highest BCUT2D eigenvalue weighted by atomic mass is 16.5. The minimum Gasteiger partial charge on any atom is -0.372 e. The Morgan fingerprint density at radius 1 is 0.889 bits per heavy atom. The number of ketones is 1. The van der Waals surface area contributed by atoms with Gasteiger partial charge in [-0.3, -0.25) is 19.6 Å². The van der Waals surface area contributed by atoms with Gasteiger partial charge in [-0.2, -0.15) is 0 Å². The Bertz CT molecular complexity index is 777. The van der Waals surface area contributed by atoms with E-state index in [1.807, 2.05) is 6.07 Å². The van der Waals surface area contributed by atoms with Crippen LogP contribution in [0.1, 0.15) is 35.2 Å². The number of unbranched alkanes of at least 4 members (excludes halogenated alkanes) is 1. The van der Waals surface area contributed by atoms with Crippen molar-refractivity contribution in [2.45, 2.75) is 19.3 Å². The van der Waals surface area contributed by atoms with Crippen LogP contribution in [0.15, 0.2) is 54.6 Å². The maximum absolute atomic E-state index is 12.4. The van der Waals surface area contributed by atoms with Gasteiger partial charge in [-0.1, -0.05) is 42.5 Å². The minimum absolute atomic E-state index is 0.116. The minimum atomic E-state index is -0.447. The Hall–Kier alpha value is -3.03. The van der Waals surface area contributed by atoms with E-state index in [-0.39, 0.29) is 24.7 Å². The molecule has 3 N–H and O–H groups in total. The van der Waals surface area contributed by atoms with Crippen molar-refractivity contribution in [1.29, 1.82) is 0 Å². The topological polar surface area (TPSA) is 105 Å². The van der Waals surface area contributed by atoms with Crippen LogP contribution in [-0.4, -0.2) is 36.0 Å². The number of benzene rings is 2. The van der Waals surface area contributed by atoms with Gasteiger partial charge >= 0.3 is 0 Å². The summed E-state index contributed by atoms with van der Waals surface area (Å²) in [6.07, 6.45) is 1.35. The molecule has 0 aliphatic carbocycles. The van der Waals surface area contributed by atoms with Gasteiger partial charge in [0.1, 0.15) is 6.61 Å². The number of rotatable bonds is 10. The first-order valence-electron chi connectivity index (χ1n) is 8.60. The van der Waals surface area contributed by atoms with Gasteiger partial charge in [-0.15, -0.1) is 0 Å². The van der Waals surface area contributed by atoms with Gasteiger partial charge in [-0.05, 0) is 25.0 Å². The first-order chi connectivity index (χ1) is 13.1. The standard InChI is InChI=1S/C20H22N2O5/c23-18(22-26)11-4-5-12-27-14-19(24)21-17-10-6-9-16(13-17)20(25)15-7-2-1-3-8-15/h1-3,6-10,13,26H,4-5,11-12,14H2,(H,21,24)(H,22,23). The number of amides is 2. The Balaban J connectivity index is 1.78. The van der Waals surface area contributed by atoms with Crippen molar-refractivity contribution in [2.24, 2.45) is 0 Å². The number of ether oxygens (including phenoxy) is 1. The predicted molar refractivity (Wildman–Crippen MR) is 99.5 cm³/mol. The fourth-order valence-corrected chi connectivity index (χ4v) is 2.40. The van der Waals surface area contributed by atoms with Crippen LogP contribution in [0.3, 0.4) is 0 Å². The second-order valence-electron chi connectivity index (χ2n) is 5.87. The molecule has 2 rings (SSSR count). The highest BCUT2D eigenvalue weighted by Crippen LogP contribution is 2.15. The summed E-state index contributed by atoms with van der Waals surface area (Å²) in [7, 11) is 0. The smallest absolute Gasteiger partial charge is 0.250 e. The fraction of sp³-hybridized carbons (Fsp3) is 0.250. The Labute approximate surface area is 157 Å². The van der Waals surface area contributed by atoms with E-state index in [9.17, 15) is 14.4 Å². The van der Waals surface area contributed by atoms with Crippen molar-refractivity contribution in [2.75, 3.05) is 18.5 Å². The lowest BCUT2D eigenvalue weighted by atomic mass is 10.0. The zero-order valence-electron chi connectivity index (χ0n) is 14.8. The van der Waals surface area contributed by atoms with Crippen LogP contribution < -0.4 is 10.8 Å². The molecule has 7 heteroatoms. The van der Waals surface area contributed by atoms with Crippen LogP contribution in [-0.2, 0) is 14.3 Å². The molecule has 0 saturated carbocycles. The molecule has 0 aliphatic heterocycles. The predicted octanol–water partition coefficient (Wildman–Crippen LogP) is 2.55. The number of anilines is 1. The summed E-state index contributed by atoms with van der Waals surface area (Å²) in [5.74, 6) is -0.889. The normalized spacial score (nSPS) is 10.3. The van der Waals surface area contributed by atoms with Crippen molar-refractivity contribution in [3.05, 3.63) is 65.7 Å². The van der Waals surface area contributed by atoms with Gasteiger partial charge in [0.2, 0.25) is 11.8 Å². The monoisotopic (exact) mass is 370 g/mol. The van der Waals surface area contributed by atoms with Crippen molar-refractivity contribution >= 4 is 23.3 Å². The summed E-state index contributed by atoms with van der Waals surface area (Å²) >= 11 is 0. The third-order valence-corrected chi connectivity index (χ3v) is 3.74. The molecule has 0 atom stereocenters. The molecule has 0 aliphatic rings. The molecule has 0 aromatic heterocycles. The number of carbonyl (C=O) groups is 3. The van der Waals surface area contributed by atoms with E-state index < -0.39 is 5.91 Å². The molecule has 0 bridgehead atoms. The lowest BCUT2D eigenvalue weighted by Crippen LogP contribution is -2.19. The van der Waals surface area contributed by atoms with Crippen LogP contribution in [0.2, 0.25) is 0 Å². The maximum atomic E-state index is 12.4. The number of carbonyl (C=O) groups excluding carboxylic acids is 3. The van der Waals surface area contributed by atoms with Crippen LogP contribution in [0.5, 0.6) is 0 Å². The Kier molecular flexibility index (Phi) is 8.15. The van der Waals surface area contributed by atoms with Crippen LogP contribution in [0, 0.1) is 0 Å². The average Bonchev–Trinajstić information content (AvgIpc) is 2.70. The fourth-order valence-electron chi connectivity index (χ4n) is 2.40. The molecule has 0 saturated heterocycles. The number of hydroxylamine groups is 1. The molecule has 0 radical (unpaired) electrons. The molecule has 7 nitrogen and oxygen atoms in total. The van der Waals surface area contributed by atoms with Gasteiger partial charge in [-0.25, -0.2) is 5.48 Å². The summed E-state index contributed by atoms with van der Waals surface area (Å²) in [6, 6.07) is 15.7. The van der Waals surface area contributed by atoms with Gasteiger partial charge in [0, 0.05) is 29.8 Å². The Morgan fingerprint density at radius 2 is 1.63 bits per heavy atom. The van der Waals surface area contributed by atoms with Crippen LogP contribution >= 0.6 is 0 Å². The molecule has 0 unspecified atom stereocenters. The molecule has 2 aromatic carbocycles. The zero-order valence-corrected chi connectivity index (χ0v) is 14.8. The zero-order chi connectivity index (χ0) is 19.5. The molecule has 142 valence electrons. The summed E-state index contributed by atoms with van der Waals surface area (Å²) in [4.78, 5) is 35.2. The molecular weight excluding hydrogens is 348 g/mol. The van der Waals surface area contributed by atoms with E-state index in [4.69, 9.17) is 9.94 Å². The molecule has 27 heavy (non-hydrogen) atoms.